The normalized spacial score (nSPS) is 20.7. The molecule has 29 heavy (non-hydrogen) atoms. The van der Waals surface area contributed by atoms with Crippen LogP contribution in [0.3, 0.4) is 0 Å². The number of hydrogen-bond donors (Lipinski definition) is 1. The van der Waals surface area contributed by atoms with E-state index in [0.29, 0.717) is 16.9 Å². The number of oxime groups is 1. The molecule has 1 amide bonds. The Kier molecular flexibility index (Phi) is 5.15. The van der Waals surface area contributed by atoms with Crippen molar-refractivity contribution >= 4 is 23.2 Å². The molecule has 2 aromatic rings. The summed E-state index contributed by atoms with van der Waals surface area (Å²) in [6.45, 7) is 5.07. The zero-order chi connectivity index (χ0) is 20.4. The van der Waals surface area contributed by atoms with E-state index in [-0.39, 0.29) is 23.4 Å². The number of carbonyl (C=O) groups is 2. The predicted molar refractivity (Wildman–Crippen MR) is 110 cm³/mol. The van der Waals surface area contributed by atoms with Crippen LogP contribution in [0, 0.1) is 0 Å². The van der Waals surface area contributed by atoms with Crippen LogP contribution >= 0.6 is 0 Å². The Morgan fingerprint density at radius 3 is 2.59 bits per heavy atom. The van der Waals surface area contributed by atoms with Gasteiger partial charge in [-0.05, 0) is 57.5 Å². The molecule has 1 aromatic carbocycles. The van der Waals surface area contributed by atoms with Gasteiger partial charge in [0.2, 0.25) is 5.78 Å². The second-order valence-corrected chi connectivity index (χ2v) is 7.81. The number of benzene rings is 1. The fourth-order valence-electron chi connectivity index (χ4n) is 3.63. The predicted octanol–water partition coefficient (Wildman–Crippen LogP) is 2.56. The maximum absolute atomic E-state index is 13.4. The van der Waals surface area contributed by atoms with E-state index in [1.807, 2.05) is 18.2 Å². The topological polar surface area (TPSA) is 83.9 Å². The summed E-state index contributed by atoms with van der Waals surface area (Å²) >= 11 is 0. The van der Waals surface area contributed by atoms with Crippen LogP contribution in [0.25, 0.3) is 0 Å². The zero-order valence-electron chi connectivity index (χ0n) is 16.6. The van der Waals surface area contributed by atoms with E-state index in [1.165, 1.54) is 0 Å². The SMILES string of the molecule is CC1(C)ON=C(c2ccc(C(=O)N(c3ccccn3)C3CCCNC3)cc2)C1=O. The van der Waals surface area contributed by atoms with Crippen LogP contribution in [-0.2, 0) is 9.63 Å². The molecule has 150 valence electrons. The van der Waals surface area contributed by atoms with E-state index >= 15 is 0 Å². The molecule has 7 nitrogen and oxygen atoms in total. The van der Waals surface area contributed by atoms with Crippen LogP contribution in [0.1, 0.15) is 42.6 Å². The highest BCUT2D eigenvalue weighted by molar-refractivity contribution is 6.49. The number of piperidine rings is 1. The van der Waals surface area contributed by atoms with Crippen molar-refractivity contribution in [3.05, 3.63) is 59.8 Å². The minimum atomic E-state index is -0.951. The Morgan fingerprint density at radius 2 is 2.00 bits per heavy atom. The standard InChI is InChI=1S/C22H24N4O3/c1-22(2)20(27)19(25-29-22)15-8-10-16(11-9-15)21(28)26(17-6-5-12-23-14-17)18-7-3-4-13-24-18/h3-4,7-11,13,17,23H,5-6,12,14H2,1-2H3. The number of nitrogens with zero attached hydrogens (tertiary/aromatic N) is 3. The molecule has 3 heterocycles. The summed E-state index contributed by atoms with van der Waals surface area (Å²) in [5, 5.41) is 7.29. The molecule has 0 aliphatic carbocycles. The molecule has 0 saturated carbocycles. The van der Waals surface area contributed by atoms with Gasteiger partial charge in [-0.1, -0.05) is 23.4 Å². The van der Waals surface area contributed by atoms with Crippen molar-refractivity contribution in [1.29, 1.82) is 0 Å². The van der Waals surface area contributed by atoms with Gasteiger partial charge in [0.25, 0.3) is 5.91 Å². The van der Waals surface area contributed by atoms with Crippen LogP contribution in [0.15, 0.2) is 53.8 Å². The Balaban J connectivity index is 1.60. The number of aromatic nitrogens is 1. The number of hydrogen-bond acceptors (Lipinski definition) is 6. The van der Waals surface area contributed by atoms with Gasteiger partial charge in [0.15, 0.2) is 11.3 Å². The minimum Gasteiger partial charge on any atom is -0.381 e. The molecular weight excluding hydrogens is 368 g/mol. The molecule has 0 bridgehead atoms. The summed E-state index contributed by atoms with van der Waals surface area (Å²) in [4.78, 5) is 37.2. The summed E-state index contributed by atoms with van der Waals surface area (Å²) in [5.74, 6) is 0.362. The minimum absolute atomic E-state index is 0.0424. The lowest BCUT2D eigenvalue weighted by Crippen LogP contribution is -2.49. The van der Waals surface area contributed by atoms with E-state index in [9.17, 15) is 9.59 Å². The summed E-state index contributed by atoms with van der Waals surface area (Å²) in [5.41, 5.74) is 0.511. The molecule has 1 aromatic heterocycles. The zero-order valence-corrected chi connectivity index (χ0v) is 16.6. The van der Waals surface area contributed by atoms with Crippen molar-refractivity contribution in [2.45, 2.75) is 38.3 Å². The number of anilines is 1. The molecule has 1 saturated heterocycles. The number of rotatable bonds is 4. The van der Waals surface area contributed by atoms with Gasteiger partial charge in [-0.25, -0.2) is 4.98 Å². The molecule has 1 atom stereocenters. The van der Waals surface area contributed by atoms with Crippen molar-refractivity contribution in [3.8, 4) is 0 Å². The van der Waals surface area contributed by atoms with Crippen LogP contribution < -0.4 is 10.2 Å². The van der Waals surface area contributed by atoms with Crippen molar-refractivity contribution in [2.75, 3.05) is 18.0 Å². The molecule has 7 heteroatoms. The van der Waals surface area contributed by atoms with E-state index in [4.69, 9.17) is 4.84 Å². The lowest BCUT2D eigenvalue weighted by Gasteiger charge is -2.34. The Labute approximate surface area is 169 Å². The van der Waals surface area contributed by atoms with Gasteiger partial charge in [-0.15, -0.1) is 0 Å². The Hall–Kier alpha value is -3.06. The number of Topliss-reactive ketones (excluding diaryl/α,β-unsaturated/α-hetero) is 1. The summed E-state index contributed by atoms with van der Waals surface area (Å²) in [7, 11) is 0. The second kappa shape index (κ2) is 7.75. The number of amides is 1. The fraction of sp³-hybridized carbons (Fsp3) is 0.364. The number of ketones is 1. The van der Waals surface area contributed by atoms with Gasteiger partial charge in [0, 0.05) is 23.9 Å². The van der Waals surface area contributed by atoms with Gasteiger partial charge < -0.3 is 10.2 Å². The molecule has 1 N–H and O–H groups in total. The van der Waals surface area contributed by atoms with Gasteiger partial charge in [-0.3, -0.25) is 14.5 Å². The maximum Gasteiger partial charge on any atom is 0.259 e. The number of carbonyl (C=O) groups excluding carboxylic acids is 2. The Bertz CT molecular complexity index is 932. The first-order valence-corrected chi connectivity index (χ1v) is 9.84. The van der Waals surface area contributed by atoms with E-state index in [1.54, 1.807) is 49.2 Å². The number of nitrogens with one attached hydrogen (secondary N) is 1. The van der Waals surface area contributed by atoms with Gasteiger partial charge >= 0.3 is 0 Å². The highest BCUT2D eigenvalue weighted by Gasteiger charge is 2.40. The van der Waals surface area contributed by atoms with E-state index in [2.05, 4.69) is 15.5 Å². The lowest BCUT2D eigenvalue weighted by atomic mass is 9.95. The van der Waals surface area contributed by atoms with Gasteiger partial charge in [-0.2, -0.15) is 0 Å². The first kappa shape index (κ1) is 19.3. The third-order valence-electron chi connectivity index (χ3n) is 5.28. The first-order valence-electron chi connectivity index (χ1n) is 9.84. The Morgan fingerprint density at radius 1 is 1.21 bits per heavy atom. The second-order valence-electron chi connectivity index (χ2n) is 7.81. The first-order chi connectivity index (χ1) is 14.0. The maximum atomic E-state index is 13.4. The highest BCUT2D eigenvalue weighted by atomic mass is 16.7. The average Bonchev–Trinajstić information content (AvgIpc) is 3.02. The van der Waals surface area contributed by atoms with Crippen LogP contribution in [0.2, 0.25) is 0 Å². The molecule has 1 unspecified atom stereocenters. The molecular formula is C22H24N4O3. The molecule has 2 aliphatic rings. The monoisotopic (exact) mass is 392 g/mol. The van der Waals surface area contributed by atoms with Crippen molar-refractivity contribution in [3.63, 3.8) is 0 Å². The quantitative estimate of drug-likeness (QED) is 0.865. The molecule has 0 spiro atoms. The number of pyridine rings is 1. The summed E-state index contributed by atoms with van der Waals surface area (Å²) in [6.07, 6.45) is 3.63. The van der Waals surface area contributed by atoms with Crippen molar-refractivity contribution in [1.82, 2.24) is 10.3 Å². The van der Waals surface area contributed by atoms with Crippen LogP contribution in [0.5, 0.6) is 0 Å². The highest BCUT2D eigenvalue weighted by Crippen LogP contribution is 2.24. The molecule has 1 fully saturated rings. The van der Waals surface area contributed by atoms with Crippen molar-refractivity contribution in [2.24, 2.45) is 5.16 Å². The lowest BCUT2D eigenvalue weighted by molar-refractivity contribution is -0.128. The summed E-state index contributed by atoms with van der Waals surface area (Å²) < 4.78 is 0. The van der Waals surface area contributed by atoms with Gasteiger partial charge in [0.1, 0.15) is 5.82 Å². The summed E-state index contributed by atoms with van der Waals surface area (Å²) in [6, 6.07) is 12.5. The third-order valence-corrected chi connectivity index (χ3v) is 5.28. The van der Waals surface area contributed by atoms with E-state index < -0.39 is 5.60 Å². The molecule has 0 radical (unpaired) electrons. The van der Waals surface area contributed by atoms with Crippen LogP contribution in [-0.4, -0.2) is 47.1 Å². The van der Waals surface area contributed by atoms with Gasteiger partial charge in [0.05, 0.1) is 6.04 Å². The fourth-order valence-corrected chi connectivity index (χ4v) is 3.63. The average molecular weight is 392 g/mol. The molecule has 2 aliphatic heterocycles. The smallest absolute Gasteiger partial charge is 0.259 e. The van der Waals surface area contributed by atoms with Crippen LogP contribution in [0.4, 0.5) is 5.82 Å². The molecule has 4 rings (SSSR count). The third kappa shape index (κ3) is 3.78. The largest absolute Gasteiger partial charge is 0.381 e. The van der Waals surface area contributed by atoms with E-state index in [0.717, 1.165) is 25.9 Å². The van der Waals surface area contributed by atoms with Crippen molar-refractivity contribution < 1.29 is 14.4 Å².